The number of hydrogen-bond acceptors (Lipinski definition) is 5. The Balaban J connectivity index is 1.62. The average Bonchev–Trinajstić information content (AvgIpc) is 2.70. The minimum atomic E-state index is -0.496. The van der Waals surface area contributed by atoms with Crippen molar-refractivity contribution in [2.45, 2.75) is 32.5 Å². The van der Waals surface area contributed by atoms with Gasteiger partial charge in [-0.05, 0) is 36.2 Å². The second-order valence-electron chi connectivity index (χ2n) is 6.88. The standard InChI is InChI=1S/C21H26N4O3/c1-15-5-4-8-22-18(15)13-24-20(26)12-19-21(27)23-9-10-25(19)14-16-6-3-7-17(11-16)28-2/h3-8,11,19H,9-10,12-14H2,1-2H3,(H,23,27)(H,24,26). The largest absolute Gasteiger partial charge is 0.497 e. The van der Waals surface area contributed by atoms with E-state index in [-0.39, 0.29) is 18.2 Å². The van der Waals surface area contributed by atoms with Crippen molar-refractivity contribution in [2.24, 2.45) is 0 Å². The van der Waals surface area contributed by atoms with Gasteiger partial charge in [0.25, 0.3) is 0 Å². The van der Waals surface area contributed by atoms with Gasteiger partial charge >= 0.3 is 0 Å². The number of aryl methyl sites for hydroxylation is 1. The second-order valence-corrected chi connectivity index (χ2v) is 6.88. The minimum Gasteiger partial charge on any atom is -0.497 e. The number of aromatic nitrogens is 1. The monoisotopic (exact) mass is 382 g/mol. The molecule has 0 radical (unpaired) electrons. The van der Waals surface area contributed by atoms with Crippen LogP contribution in [0.2, 0.25) is 0 Å². The van der Waals surface area contributed by atoms with Crippen molar-refractivity contribution in [3.8, 4) is 5.75 Å². The highest BCUT2D eigenvalue weighted by Crippen LogP contribution is 2.18. The summed E-state index contributed by atoms with van der Waals surface area (Å²) in [4.78, 5) is 31.2. The number of methoxy groups -OCH3 is 1. The molecule has 1 fully saturated rings. The smallest absolute Gasteiger partial charge is 0.237 e. The molecule has 1 aliphatic rings. The molecule has 0 spiro atoms. The fourth-order valence-electron chi connectivity index (χ4n) is 3.31. The van der Waals surface area contributed by atoms with Gasteiger partial charge in [0.05, 0.1) is 31.8 Å². The number of nitrogens with zero attached hydrogens (tertiary/aromatic N) is 2. The number of rotatable bonds is 7. The summed E-state index contributed by atoms with van der Waals surface area (Å²) >= 11 is 0. The van der Waals surface area contributed by atoms with E-state index in [2.05, 4.69) is 15.6 Å². The van der Waals surface area contributed by atoms with E-state index >= 15 is 0 Å². The van der Waals surface area contributed by atoms with Crippen LogP contribution in [0.25, 0.3) is 0 Å². The van der Waals surface area contributed by atoms with Gasteiger partial charge in [-0.1, -0.05) is 18.2 Å². The lowest BCUT2D eigenvalue weighted by atomic mass is 10.1. The van der Waals surface area contributed by atoms with Gasteiger partial charge in [-0.2, -0.15) is 0 Å². The molecule has 0 aliphatic carbocycles. The zero-order valence-corrected chi connectivity index (χ0v) is 16.3. The highest BCUT2D eigenvalue weighted by Gasteiger charge is 2.31. The van der Waals surface area contributed by atoms with Gasteiger partial charge in [0.2, 0.25) is 11.8 Å². The van der Waals surface area contributed by atoms with Crippen LogP contribution in [0, 0.1) is 6.92 Å². The van der Waals surface area contributed by atoms with Gasteiger partial charge in [-0.25, -0.2) is 0 Å². The highest BCUT2D eigenvalue weighted by molar-refractivity contribution is 5.88. The normalized spacial score (nSPS) is 17.1. The molecule has 2 aromatic rings. The average molecular weight is 382 g/mol. The zero-order chi connectivity index (χ0) is 19.9. The van der Waals surface area contributed by atoms with Crippen LogP contribution in [0.3, 0.4) is 0 Å². The molecule has 1 saturated heterocycles. The maximum atomic E-state index is 12.5. The van der Waals surface area contributed by atoms with E-state index in [4.69, 9.17) is 4.74 Å². The summed E-state index contributed by atoms with van der Waals surface area (Å²) < 4.78 is 5.27. The number of benzene rings is 1. The topological polar surface area (TPSA) is 83.6 Å². The minimum absolute atomic E-state index is 0.113. The molecule has 2 amide bonds. The SMILES string of the molecule is COc1cccc(CN2CCNC(=O)C2CC(=O)NCc2ncccc2C)c1. The van der Waals surface area contributed by atoms with Gasteiger partial charge in [0.15, 0.2) is 0 Å². The highest BCUT2D eigenvalue weighted by atomic mass is 16.5. The third kappa shape index (κ3) is 5.07. The van der Waals surface area contributed by atoms with Crippen molar-refractivity contribution < 1.29 is 14.3 Å². The van der Waals surface area contributed by atoms with Gasteiger partial charge in [-0.15, -0.1) is 0 Å². The summed E-state index contributed by atoms with van der Waals surface area (Å²) in [6.45, 7) is 4.17. The number of ether oxygens (including phenoxy) is 1. The summed E-state index contributed by atoms with van der Waals surface area (Å²) in [5, 5.41) is 5.74. The molecule has 2 heterocycles. The Morgan fingerprint density at radius 3 is 3.00 bits per heavy atom. The molecule has 1 aromatic heterocycles. The molecule has 1 unspecified atom stereocenters. The predicted molar refractivity (Wildman–Crippen MR) is 106 cm³/mol. The Hall–Kier alpha value is -2.93. The van der Waals surface area contributed by atoms with E-state index in [0.29, 0.717) is 26.2 Å². The number of pyridine rings is 1. The number of carbonyl (C=O) groups excluding carboxylic acids is 2. The Bertz CT molecular complexity index is 840. The van der Waals surface area contributed by atoms with Crippen LogP contribution in [-0.2, 0) is 22.7 Å². The summed E-state index contributed by atoms with van der Waals surface area (Å²) in [7, 11) is 1.63. The summed E-state index contributed by atoms with van der Waals surface area (Å²) in [6.07, 6.45) is 1.82. The van der Waals surface area contributed by atoms with Crippen molar-refractivity contribution in [2.75, 3.05) is 20.2 Å². The Morgan fingerprint density at radius 2 is 2.21 bits per heavy atom. The lowest BCUT2D eigenvalue weighted by molar-refractivity contribution is -0.134. The second kappa shape index (κ2) is 9.32. The molecule has 2 N–H and O–H groups in total. The van der Waals surface area contributed by atoms with Gasteiger partial charge in [-0.3, -0.25) is 19.5 Å². The third-order valence-corrected chi connectivity index (χ3v) is 4.91. The van der Waals surface area contributed by atoms with E-state index < -0.39 is 6.04 Å². The van der Waals surface area contributed by atoms with E-state index in [1.165, 1.54) is 0 Å². The molecule has 0 saturated carbocycles. The van der Waals surface area contributed by atoms with E-state index in [9.17, 15) is 9.59 Å². The first-order valence-corrected chi connectivity index (χ1v) is 9.38. The fraction of sp³-hybridized carbons (Fsp3) is 0.381. The van der Waals surface area contributed by atoms with E-state index in [0.717, 1.165) is 22.6 Å². The molecule has 28 heavy (non-hydrogen) atoms. The molecule has 7 nitrogen and oxygen atoms in total. The molecule has 1 aromatic carbocycles. The molecule has 0 bridgehead atoms. The molecule has 1 atom stereocenters. The van der Waals surface area contributed by atoms with Gasteiger partial charge < -0.3 is 15.4 Å². The van der Waals surface area contributed by atoms with Gasteiger partial charge in [0.1, 0.15) is 5.75 Å². The molecule has 7 heteroatoms. The van der Waals surface area contributed by atoms with Crippen LogP contribution in [-0.4, -0.2) is 47.9 Å². The van der Waals surface area contributed by atoms with Crippen LogP contribution in [0.4, 0.5) is 0 Å². The number of nitrogens with one attached hydrogen (secondary N) is 2. The van der Waals surface area contributed by atoms with Gasteiger partial charge in [0, 0.05) is 25.8 Å². The van der Waals surface area contributed by atoms with Crippen LogP contribution >= 0.6 is 0 Å². The Kier molecular flexibility index (Phi) is 6.60. The summed E-state index contributed by atoms with van der Waals surface area (Å²) in [5.41, 5.74) is 2.90. The first-order valence-electron chi connectivity index (χ1n) is 9.38. The summed E-state index contributed by atoms with van der Waals surface area (Å²) in [6, 6.07) is 11.1. The quantitative estimate of drug-likeness (QED) is 0.756. The molecule has 3 rings (SSSR count). The van der Waals surface area contributed by atoms with Crippen LogP contribution in [0.5, 0.6) is 5.75 Å². The van der Waals surface area contributed by atoms with E-state index in [1.807, 2.05) is 48.2 Å². The van der Waals surface area contributed by atoms with Crippen molar-refractivity contribution in [1.29, 1.82) is 0 Å². The van der Waals surface area contributed by atoms with Crippen molar-refractivity contribution in [1.82, 2.24) is 20.5 Å². The lowest BCUT2D eigenvalue weighted by Crippen LogP contribution is -2.56. The molecular formula is C21H26N4O3. The van der Waals surface area contributed by atoms with Crippen molar-refractivity contribution in [3.05, 3.63) is 59.4 Å². The van der Waals surface area contributed by atoms with Crippen molar-refractivity contribution >= 4 is 11.8 Å². The molecular weight excluding hydrogens is 356 g/mol. The first kappa shape index (κ1) is 19.8. The molecule has 148 valence electrons. The Morgan fingerprint density at radius 1 is 1.36 bits per heavy atom. The maximum absolute atomic E-state index is 12.5. The lowest BCUT2D eigenvalue weighted by Gasteiger charge is -2.34. The zero-order valence-electron chi connectivity index (χ0n) is 16.3. The van der Waals surface area contributed by atoms with E-state index in [1.54, 1.807) is 13.3 Å². The number of carbonyl (C=O) groups is 2. The predicted octanol–water partition coefficient (Wildman–Crippen LogP) is 1.41. The first-order chi connectivity index (χ1) is 13.6. The number of piperazine rings is 1. The van der Waals surface area contributed by atoms with Crippen LogP contribution in [0.1, 0.15) is 23.2 Å². The Labute approximate surface area is 165 Å². The van der Waals surface area contributed by atoms with Crippen LogP contribution in [0.15, 0.2) is 42.6 Å². The maximum Gasteiger partial charge on any atom is 0.237 e. The number of hydrogen-bond donors (Lipinski definition) is 2. The summed E-state index contributed by atoms with van der Waals surface area (Å²) in [5.74, 6) is 0.500. The van der Waals surface area contributed by atoms with Crippen molar-refractivity contribution in [3.63, 3.8) is 0 Å². The molecule has 1 aliphatic heterocycles. The number of amides is 2. The third-order valence-electron chi connectivity index (χ3n) is 4.91. The fourth-order valence-corrected chi connectivity index (χ4v) is 3.31. The van der Waals surface area contributed by atoms with Crippen LogP contribution < -0.4 is 15.4 Å².